The van der Waals surface area contributed by atoms with Crippen LogP contribution in [0.15, 0.2) is 35.3 Å². The van der Waals surface area contributed by atoms with Gasteiger partial charge >= 0.3 is 0 Å². The fourth-order valence-electron chi connectivity index (χ4n) is 1.64. The summed E-state index contributed by atoms with van der Waals surface area (Å²) in [7, 11) is 3.58. The van der Waals surface area contributed by atoms with Gasteiger partial charge in [0.2, 0.25) is 0 Å². The summed E-state index contributed by atoms with van der Waals surface area (Å²) in [4.78, 5) is 11.8. The fourth-order valence-corrected chi connectivity index (χ4v) is 4.39. The van der Waals surface area contributed by atoms with Gasteiger partial charge in [-0.05, 0) is 37.1 Å². The molecular weight excluding hydrogens is 278 g/mol. The van der Waals surface area contributed by atoms with Crippen molar-refractivity contribution in [1.82, 2.24) is 0 Å². The summed E-state index contributed by atoms with van der Waals surface area (Å²) in [5.74, 6) is 0. The molecular formula is C14H21NO2S2. The second-order valence-electron chi connectivity index (χ2n) is 4.74. The molecule has 1 aliphatic rings. The van der Waals surface area contributed by atoms with Gasteiger partial charge in [-0.15, -0.1) is 0 Å². The quantitative estimate of drug-likeness (QED) is 0.377. The molecule has 0 aliphatic heterocycles. The minimum atomic E-state index is -1.09. The number of hydrogen-bond donors (Lipinski definition) is 0. The number of rotatable bonds is 7. The van der Waals surface area contributed by atoms with Crippen LogP contribution in [0.3, 0.4) is 0 Å². The van der Waals surface area contributed by atoms with Crippen LogP contribution in [0.2, 0.25) is 0 Å². The van der Waals surface area contributed by atoms with Crippen LogP contribution < -0.4 is 0 Å². The molecule has 0 bridgehead atoms. The highest BCUT2D eigenvalue weighted by Gasteiger charge is 2.30. The summed E-state index contributed by atoms with van der Waals surface area (Å²) in [5.41, 5.74) is -1.09. The topological polar surface area (TPSA) is 43.1 Å². The van der Waals surface area contributed by atoms with Crippen molar-refractivity contribution < 1.29 is 4.92 Å². The first-order chi connectivity index (χ1) is 9.01. The summed E-state index contributed by atoms with van der Waals surface area (Å²) in [5, 5.41) is 11.7. The van der Waals surface area contributed by atoms with Gasteiger partial charge in [-0.1, -0.05) is 47.9 Å². The van der Waals surface area contributed by atoms with Crippen molar-refractivity contribution in [3.8, 4) is 0 Å². The van der Waals surface area contributed by atoms with Crippen molar-refractivity contribution >= 4 is 21.6 Å². The van der Waals surface area contributed by atoms with Gasteiger partial charge in [-0.25, -0.2) is 0 Å². The Morgan fingerprint density at radius 2 is 2.16 bits per heavy atom. The Labute approximate surface area is 123 Å². The molecule has 0 radical (unpaired) electrons. The molecule has 0 aromatic carbocycles. The maximum Gasteiger partial charge on any atom is 0.256 e. The molecule has 1 rings (SSSR count). The summed E-state index contributed by atoms with van der Waals surface area (Å²) < 4.78 is 0. The Morgan fingerprint density at radius 3 is 2.74 bits per heavy atom. The summed E-state index contributed by atoms with van der Waals surface area (Å²) in [6, 6.07) is 0. The maximum atomic E-state index is 11.0. The number of allylic oxidation sites excluding steroid dienone is 3. The first kappa shape index (κ1) is 16.4. The molecule has 1 aliphatic carbocycles. The molecule has 0 aromatic heterocycles. The zero-order valence-corrected chi connectivity index (χ0v) is 13.3. The van der Waals surface area contributed by atoms with E-state index in [1.54, 1.807) is 35.9 Å². The maximum absolute atomic E-state index is 11.0. The molecule has 3 nitrogen and oxygen atoms in total. The Morgan fingerprint density at radius 1 is 1.42 bits per heavy atom. The fraction of sp³-hybridized carbons (Fsp3) is 0.571. The van der Waals surface area contributed by atoms with E-state index in [-0.39, 0.29) is 4.92 Å². The Hall–Kier alpha value is -0.680. The van der Waals surface area contributed by atoms with E-state index in [0.717, 1.165) is 11.3 Å². The molecule has 0 aromatic rings. The molecule has 0 saturated carbocycles. The molecule has 0 spiro atoms. The van der Waals surface area contributed by atoms with Crippen LogP contribution in [0.1, 0.15) is 40.0 Å². The smallest absolute Gasteiger partial charge is 0.256 e. The van der Waals surface area contributed by atoms with Crippen LogP contribution in [0.5, 0.6) is 0 Å². The zero-order chi connectivity index (χ0) is 14.3. The highest BCUT2D eigenvalue weighted by Crippen LogP contribution is 2.38. The summed E-state index contributed by atoms with van der Waals surface area (Å²) in [6.07, 6.45) is 12.5. The number of hydrogen-bond acceptors (Lipinski definition) is 4. The van der Waals surface area contributed by atoms with Gasteiger partial charge < -0.3 is 0 Å². The average molecular weight is 299 g/mol. The minimum absolute atomic E-state index is 0.263. The third-order valence-electron chi connectivity index (χ3n) is 3.02. The summed E-state index contributed by atoms with van der Waals surface area (Å²) in [6.45, 7) is 6.01. The zero-order valence-electron chi connectivity index (χ0n) is 11.7. The van der Waals surface area contributed by atoms with Gasteiger partial charge in [0, 0.05) is 22.0 Å². The van der Waals surface area contributed by atoms with Crippen LogP contribution in [-0.2, 0) is 0 Å². The third-order valence-corrected chi connectivity index (χ3v) is 6.10. The molecule has 5 heteroatoms. The first-order valence-electron chi connectivity index (χ1n) is 6.58. The van der Waals surface area contributed by atoms with Crippen molar-refractivity contribution in [2.45, 2.75) is 50.8 Å². The monoisotopic (exact) mass is 299 g/mol. The van der Waals surface area contributed by atoms with Gasteiger partial charge in [-0.2, -0.15) is 0 Å². The van der Waals surface area contributed by atoms with E-state index < -0.39 is 5.54 Å². The van der Waals surface area contributed by atoms with Crippen molar-refractivity contribution in [1.29, 1.82) is 0 Å². The van der Waals surface area contributed by atoms with Crippen LogP contribution in [-0.4, -0.2) is 15.7 Å². The molecule has 19 heavy (non-hydrogen) atoms. The van der Waals surface area contributed by atoms with E-state index in [1.807, 2.05) is 22.9 Å². The minimum Gasteiger partial charge on any atom is -0.263 e. The average Bonchev–Trinajstić information content (AvgIpc) is 2.58. The van der Waals surface area contributed by atoms with Gasteiger partial charge in [0.1, 0.15) is 0 Å². The Kier molecular flexibility index (Phi) is 6.72. The lowest BCUT2D eigenvalue weighted by molar-refractivity contribution is -0.535. The molecule has 2 atom stereocenters. The van der Waals surface area contributed by atoms with Gasteiger partial charge in [0.15, 0.2) is 0 Å². The molecule has 106 valence electrons. The predicted molar refractivity (Wildman–Crippen MR) is 85.9 cm³/mol. The van der Waals surface area contributed by atoms with Crippen LogP contribution in [0.4, 0.5) is 0 Å². The number of nitrogens with zero attached hydrogens (tertiary/aromatic N) is 1. The highest BCUT2D eigenvalue weighted by atomic mass is 33.1. The molecule has 0 saturated heterocycles. The van der Waals surface area contributed by atoms with Gasteiger partial charge in [0.05, 0.1) is 0 Å². The van der Waals surface area contributed by atoms with E-state index in [0.29, 0.717) is 5.25 Å². The number of nitro groups is 1. The highest BCUT2D eigenvalue weighted by molar-refractivity contribution is 8.78. The van der Waals surface area contributed by atoms with Crippen molar-refractivity contribution in [2.75, 3.05) is 0 Å². The third kappa shape index (κ3) is 5.07. The van der Waals surface area contributed by atoms with E-state index in [2.05, 4.69) is 13.8 Å². The SMILES string of the molecule is CCCC(CC)SSC1=CC=CC(C)([N+](=O)[O-])C=C1. The second-order valence-corrected chi connectivity index (χ2v) is 7.32. The molecule has 0 heterocycles. The second kappa shape index (κ2) is 7.80. The van der Waals surface area contributed by atoms with E-state index in [4.69, 9.17) is 0 Å². The van der Waals surface area contributed by atoms with Gasteiger partial charge in [-0.3, -0.25) is 10.1 Å². The lowest BCUT2D eigenvalue weighted by Gasteiger charge is -2.12. The van der Waals surface area contributed by atoms with Crippen molar-refractivity contribution in [2.24, 2.45) is 0 Å². The Bertz CT molecular complexity index is 404. The van der Waals surface area contributed by atoms with Crippen LogP contribution in [0.25, 0.3) is 0 Å². The lowest BCUT2D eigenvalue weighted by atomic mass is 10.0. The normalized spacial score (nSPS) is 23.8. The van der Waals surface area contributed by atoms with Crippen LogP contribution >= 0.6 is 21.6 Å². The largest absolute Gasteiger partial charge is 0.263 e. The van der Waals surface area contributed by atoms with E-state index >= 15 is 0 Å². The van der Waals surface area contributed by atoms with Crippen molar-refractivity contribution in [3.05, 3.63) is 45.4 Å². The van der Waals surface area contributed by atoms with Gasteiger partial charge in [0.25, 0.3) is 5.54 Å². The summed E-state index contributed by atoms with van der Waals surface area (Å²) >= 11 is 0. The molecule has 0 amide bonds. The molecule has 0 N–H and O–H groups in total. The first-order valence-corrected chi connectivity index (χ1v) is 8.79. The Balaban J connectivity index is 2.60. The lowest BCUT2D eigenvalue weighted by Crippen LogP contribution is -2.29. The van der Waals surface area contributed by atoms with Crippen LogP contribution in [0, 0.1) is 10.1 Å². The van der Waals surface area contributed by atoms with E-state index in [1.165, 1.54) is 12.8 Å². The predicted octanol–water partition coefficient (Wildman–Crippen LogP) is 4.99. The molecule has 2 unspecified atom stereocenters. The standard InChI is InChI=1S/C14H21NO2S2/c1-4-7-12(5-2)18-19-13-8-6-10-14(3,11-9-13)15(16)17/h6,8-12H,4-5,7H2,1-3H3. The van der Waals surface area contributed by atoms with E-state index in [9.17, 15) is 10.1 Å². The van der Waals surface area contributed by atoms with Crippen molar-refractivity contribution in [3.63, 3.8) is 0 Å². The molecule has 0 fully saturated rings.